The van der Waals surface area contributed by atoms with E-state index in [0.29, 0.717) is 0 Å². The molecule has 10 heavy (non-hydrogen) atoms. The Morgan fingerprint density at radius 3 is 2.10 bits per heavy atom. The molecule has 0 aromatic carbocycles. The maximum absolute atomic E-state index is 3.38. The second-order valence-corrected chi connectivity index (χ2v) is 3.22. The third-order valence-corrected chi connectivity index (χ3v) is 2.12. The van der Waals surface area contributed by atoms with Gasteiger partial charge in [0, 0.05) is 0 Å². The van der Waals surface area contributed by atoms with Crippen molar-refractivity contribution in [3.63, 3.8) is 0 Å². The third-order valence-electron chi connectivity index (χ3n) is 2.12. The molecule has 1 heteroatoms. The molecule has 0 aliphatic carbocycles. The van der Waals surface area contributed by atoms with Gasteiger partial charge in [-0.25, -0.2) is 0 Å². The summed E-state index contributed by atoms with van der Waals surface area (Å²) in [6.45, 7) is 11.3. The van der Waals surface area contributed by atoms with Crippen molar-refractivity contribution < 1.29 is 0 Å². The quantitative estimate of drug-likeness (QED) is 0.622. The zero-order valence-corrected chi connectivity index (χ0v) is 7.78. The Kier molecular flexibility index (Phi) is 5.70. The Bertz CT molecular complexity index is 69.1. The summed E-state index contributed by atoms with van der Waals surface area (Å²) in [4.78, 5) is 0. The number of rotatable bonds is 5. The van der Waals surface area contributed by atoms with E-state index in [1.165, 1.54) is 13.0 Å². The molecule has 0 spiro atoms. The first kappa shape index (κ1) is 9.96. The van der Waals surface area contributed by atoms with Crippen molar-refractivity contribution in [2.45, 2.75) is 34.1 Å². The maximum atomic E-state index is 3.38. The number of hydrogen-bond donors (Lipinski definition) is 1. The van der Waals surface area contributed by atoms with Gasteiger partial charge in [0.1, 0.15) is 0 Å². The lowest BCUT2D eigenvalue weighted by atomic mass is 9.93. The van der Waals surface area contributed by atoms with Gasteiger partial charge in [0.05, 0.1) is 0 Å². The molecule has 0 saturated heterocycles. The first-order valence-corrected chi connectivity index (χ1v) is 4.43. The summed E-state index contributed by atoms with van der Waals surface area (Å²) < 4.78 is 0. The molecular weight excluding hydrogens is 122 g/mol. The molecule has 0 rings (SSSR count). The molecule has 0 heterocycles. The van der Waals surface area contributed by atoms with E-state index >= 15 is 0 Å². The minimum absolute atomic E-state index is 0.823. The van der Waals surface area contributed by atoms with Crippen molar-refractivity contribution in [1.29, 1.82) is 0 Å². The molecule has 1 N–H and O–H groups in total. The first-order valence-electron chi connectivity index (χ1n) is 4.43. The standard InChI is InChI=1S/C9H21N/c1-5-9(8(3)4)7-10-6-2/h8-10H,5-7H2,1-4H3/t9-/m1/s1. The van der Waals surface area contributed by atoms with Crippen LogP contribution in [0.25, 0.3) is 0 Å². The summed E-state index contributed by atoms with van der Waals surface area (Å²) in [5.74, 6) is 1.68. The molecular formula is C9H21N. The lowest BCUT2D eigenvalue weighted by Crippen LogP contribution is -2.25. The van der Waals surface area contributed by atoms with Crippen molar-refractivity contribution in [2.24, 2.45) is 11.8 Å². The Morgan fingerprint density at radius 1 is 1.20 bits per heavy atom. The topological polar surface area (TPSA) is 12.0 Å². The summed E-state index contributed by atoms with van der Waals surface area (Å²) in [7, 11) is 0. The highest BCUT2D eigenvalue weighted by Crippen LogP contribution is 2.12. The fourth-order valence-corrected chi connectivity index (χ4v) is 1.18. The zero-order chi connectivity index (χ0) is 7.98. The van der Waals surface area contributed by atoms with Crippen molar-refractivity contribution in [2.75, 3.05) is 13.1 Å². The van der Waals surface area contributed by atoms with Gasteiger partial charge in [-0.1, -0.05) is 34.1 Å². The molecule has 0 aromatic heterocycles. The largest absolute Gasteiger partial charge is 0.317 e. The zero-order valence-electron chi connectivity index (χ0n) is 7.78. The van der Waals surface area contributed by atoms with Crippen LogP contribution in [0.15, 0.2) is 0 Å². The number of nitrogens with one attached hydrogen (secondary N) is 1. The monoisotopic (exact) mass is 143 g/mol. The molecule has 0 amide bonds. The van der Waals surface area contributed by atoms with Crippen LogP contribution >= 0.6 is 0 Å². The van der Waals surface area contributed by atoms with E-state index in [1.54, 1.807) is 0 Å². The van der Waals surface area contributed by atoms with Crippen molar-refractivity contribution in [1.82, 2.24) is 5.32 Å². The van der Waals surface area contributed by atoms with Crippen molar-refractivity contribution >= 4 is 0 Å². The fourth-order valence-electron chi connectivity index (χ4n) is 1.18. The Labute approximate surface area is 65.2 Å². The Hall–Kier alpha value is -0.0400. The second-order valence-electron chi connectivity index (χ2n) is 3.22. The van der Waals surface area contributed by atoms with Gasteiger partial charge in [-0.2, -0.15) is 0 Å². The maximum Gasteiger partial charge on any atom is -0.00183 e. The van der Waals surface area contributed by atoms with Gasteiger partial charge in [0.2, 0.25) is 0 Å². The summed E-state index contributed by atoms with van der Waals surface area (Å²) in [6.07, 6.45) is 1.30. The van der Waals surface area contributed by atoms with Gasteiger partial charge in [0.25, 0.3) is 0 Å². The highest BCUT2D eigenvalue weighted by atomic mass is 14.8. The van der Waals surface area contributed by atoms with Gasteiger partial charge in [-0.3, -0.25) is 0 Å². The molecule has 0 aliphatic heterocycles. The van der Waals surface area contributed by atoms with E-state index in [1.807, 2.05) is 0 Å². The molecule has 0 bridgehead atoms. The molecule has 0 aliphatic rings. The summed E-state index contributed by atoms with van der Waals surface area (Å²) in [5.41, 5.74) is 0. The van der Waals surface area contributed by atoms with Gasteiger partial charge in [-0.05, 0) is 24.9 Å². The molecule has 1 atom stereocenters. The highest BCUT2D eigenvalue weighted by Gasteiger charge is 2.08. The van der Waals surface area contributed by atoms with Crippen LogP contribution in [0.3, 0.4) is 0 Å². The smallest absolute Gasteiger partial charge is 0.00183 e. The average molecular weight is 143 g/mol. The van der Waals surface area contributed by atoms with Crippen molar-refractivity contribution in [3.8, 4) is 0 Å². The van der Waals surface area contributed by atoms with Crippen LogP contribution in [0.2, 0.25) is 0 Å². The van der Waals surface area contributed by atoms with Gasteiger partial charge in [-0.15, -0.1) is 0 Å². The molecule has 62 valence electrons. The van der Waals surface area contributed by atoms with Crippen LogP contribution in [0, 0.1) is 11.8 Å². The van der Waals surface area contributed by atoms with Gasteiger partial charge >= 0.3 is 0 Å². The predicted octanol–water partition coefficient (Wildman–Crippen LogP) is 2.28. The van der Waals surface area contributed by atoms with Crippen LogP contribution in [-0.4, -0.2) is 13.1 Å². The predicted molar refractivity (Wildman–Crippen MR) is 47.2 cm³/mol. The van der Waals surface area contributed by atoms with Crippen LogP contribution in [0.5, 0.6) is 0 Å². The molecule has 0 aromatic rings. The molecule has 0 fully saturated rings. The lowest BCUT2D eigenvalue weighted by Gasteiger charge is -2.18. The van der Waals surface area contributed by atoms with Crippen LogP contribution in [0.4, 0.5) is 0 Å². The van der Waals surface area contributed by atoms with Crippen molar-refractivity contribution in [3.05, 3.63) is 0 Å². The molecule has 0 saturated carbocycles. The van der Waals surface area contributed by atoms with Crippen LogP contribution < -0.4 is 5.32 Å². The van der Waals surface area contributed by atoms with E-state index in [9.17, 15) is 0 Å². The van der Waals surface area contributed by atoms with E-state index in [2.05, 4.69) is 33.0 Å². The molecule has 0 unspecified atom stereocenters. The minimum atomic E-state index is 0.823. The lowest BCUT2D eigenvalue weighted by molar-refractivity contribution is 0.355. The van der Waals surface area contributed by atoms with E-state index in [4.69, 9.17) is 0 Å². The molecule has 0 radical (unpaired) electrons. The second kappa shape index (κ2) is 5.72. The summed E-state index contributed by atoms with van der Waals surface area (Å²) in [6, 6.07) is 0. The van der Waals surface area contributed by atoms with Gasteiger partial charge in [0.15, 0.2) is 0 Å². The molecule has 1 nitrogen and oxygen atoms in total. The summed E-state index contributed by atoms with van der Waals surface area (Å²) >= 11 is 0. The first-order chi connectivity index (χ1) is 4.72. The fraction of sp³-hybridized carbons (Fsp3) is 1.00. The highest BCUT2D eigenvalue weighted by molar-refractivity contribution is 4.63. The SMILES string of the molecule is CCNC[C@@H](CC)C(C)C. The Morgan fingerprint density at radius 2 is 1.80 bits per heavy atom. The van der Waals surface area contributed by atoms with E-state index in [0.717, 1.165) is 18.4 Å². The number of hydrogen-bond acceptors (Lipinski definition) is 1. The summed E-state index contributed by atoms with van der Waals surface area (Å²) in [5, 5.41) is 3.38. The Balaban J connectivity index is 3.40. The van der Waals surface area contributed by atoms with Gasteiger partial charge < -0.3 is 5.32 Å². The van der Waals surface area contributed by atoms with E-state index in [-0.39, 0.29) is 0 Å². The third kappa shape index (κ3) is 3.89. The average Bonchev–Trinajstić information content (AvgIpc) is 1.89. The van der Waals surface area contributed by atoms with Crippen LogP contribution in [-0.2, 0) is 0 Å². The normalized spacial score (nSPS) is 14.1. The van der Waals surface area contributed by atoms with Crippen LogP contribution in [0.1, 0.15) is 34.1 Å². The minimum Gasteiger partial charge on any atom is -0.317 e. The van der Waals surface area contributed by atoms with E-state index < -0.39 is 0 Å².